The summed E-state index contributed by atoms with van der Waals surface area (Å²) in [6.07, 6.45) is 0. The smallest absolute Gasteiger partial charge is 0.258 e. The molecule has 2 N–H and O–H groups in total. The molecule has 0 aliphatic carbocycles. The molecule has 0 saturated heterocycles. The van der Waals surface area contributed by atoms with E-state index in [1.54, 1.807) is 5.38 Å². The summed E-state index contributed by atoms with van der Waals surface area (Å²) in [7, 11) is 0. The minimum Gasteiger partial charge on any atom is -0.365 e. The van der Waals surface area contributed by atoms with E-state index in [-0.39, 0.29) is 11.1 Å². The van der Waals surface area contributed by atoms with Crippen molar-refractivity contribution in [2.75, 3.05) is 5.33 Å². The average Bonchev–Trinajstić information content (AvgIpc) is 2.51. The van der Waals surface area contributed by atoms with Crippen molar-refractivity contribution in [3.05, 3.63) is 21.9 Å². The first kappa shape index (κ1) is 9.41. The van der Waals surface area contributed by atoms with Crippen molar-refractivity contribution in [3.63, 3.8) is 0 Å². The van der Waals surface area contributed by atoms with Gasteiger partial charge >= 0.3 is 0 Å². The normalized spacial score (nSPS) is 9.75. The van der Waals surface area contributed by atoms with Gasteiger partial charge in [-0.05, 0) is 6.07 Å². The highest BCUT2D eigenvalue weighted by atomic mass is 79.9. The molecule has 12 heavy (non-hydrogen) atoms. The molecule has 0 fully saturated rings. The van der Waals surface area contributed by atoms with Crippen LogP contribution in [0, 0.1) is 0 Å². The van der Waals surface area contributed by atoms with Crippen molar-refractivity contribution in [2.45, 2.75) is 0 Å². The van der Waals surface area contributed by atoms with Crippen LogP contribution in [0.25, 0.3) is 0 Å². The van der Waals surface area contributed by atoms with E-state index in [2.05, 4.69) is 15.9 Å². The molecule has 0 radical (unpaired) electrons. The van der Waals surface area contributed by atoms with Gasteiger partial charge in [0.1, 0.15) is 0 Å². The van der Waals surface area contributed by atoms with Gasteiger partial charge in [0, 0.05) is 10.9 Å². The Morgan fingerprint density at radius 3 is 2.67 bits per heavy atom. The maximum atomic E-state index is 11.1. The summed E-state index contributed by atoms with van der Waals surface area (Å²) in [5.74, 6) is -0.535. The second-order valence-corrected chi connectivity index (χ2v) is 3.59. The van der Waals surface area contributed by atoms with Gasteiger partial charge in [-0.15, -0.1) is 11.3 Å². The van der Waals surface area contributed by atoms with Crippen LogP contribution in [0.4, 0.5) is 0 Å². The molecule has 0 spiro atoms. The Bertz CT molecular complexity index is 321. The number of nitrogens with two attached hydrogens (primary N) is 1. The maximum absolute atomic E-state index is 11.1. The number of halogens is 1. The standard InChI is InChI=1S/C7H6BrNO2S/c8-2-5(10)4-1-6(7(9)11)12-3-4/h1,3H,2H2,(H2,9,11). The van der Waals surface area contributed by atoms with Gasteiger partial charge in [-0.25, -0.2) is 0 Å². The molecule has 1 heterocycles. The summed E-state index contributed by atoms with van der Waals surface area (Å²) in [6.45, 7) is 0. The van der Waals surface area contributed by atoms with Gasteiger partial charge in [0.15, 0.2) is 5.78 Å². The average molecular weight is 248 g/mol. The number of thiophene rings is 1. The van der Waals surface area contributed by atoms with Gasteiger partial charge in [0.05, 0.1) is 10.2 Å². The molecule has 64 valence electrons. The van der Waals surface area contributed by atoms with Crippen LogP contribution in [-0.2, 0) is 0 Å². The zero-order valence-corrected chi connectivity index (χ0v) is 8.44. The van der Waals surface area contributed by atoms with Crippen LogP contribution >= 0.6 is 27.3 Å². The van der Waals surface area contributed by atoms with Gasteiger partial charge in [0.25, 0.3) is 5.91 Å². The van der Waals surface area contributed by atoms with E-state index in [4.69, 9.17) is 5.73 Å². The van der Waals surface area contributed by atoms with Gasteiger partial charge in [-0.1, -0.05) is 15.9 Å². The van der Waals surface area contributed by atoms with Gasteiger partial charge in [0.2, 0.25) is 0 Å². The number of hydrogen-bond donors (Lipinski definition) is 1. The summed E-state index contributed by atoms with van der Waals surface area (Å²) >= 11 is 4.22. The van der Waals surface area contributed by atoms with Crippen LogP contribution in [0.2, 0.25) is 0 Å². The van der Waals surface area contributed by atoms with Crippen LogP contribution in [0.5, 0.6) is 0 Å². The lowest BCUT2D eigenvalue weighted by Crippen LogP contribution is -2.08. The van der Waals surface area contributed by atoms with Crippen LogP contribution in [0.15, 0.2) is 11.4 Å². The molecule has 0 atom stereocenters. The molecule has 0 aliphatic rings. The number of carbonyl (C=O) groups is 2. The Labute approximate surface area is 81.7 Å². The summed E-state index contributed by atoms with van der Waals surface area (Å²) in [4.78, 5) is 22.1. The number of alkyl halides is 1. The first-order valence-corrected chi connectivity index (χ1v) is 5.12. The zero-order valence-electron chi connectivity index (χ0n) is 6.04. The minimum atomic E-state index is -0.492. The molecular formula is C7H6BrNO2S. The quantitative estimate of drug-likeness (QED) is 0.649. The molecule has 0 aromatic carbocycles. The predicted octanol–water partition coefficient (Wildman–Crippen LogP) is 1.42. The minimum absolute atomic E-state index is 0.0428. The topological polar surface area (TPSA) is 60.2 Å². The van der Waals surface area contributed by atoms with E-state index in [1.807, 2.05) is 0 Å². The summed E-state index contributed by atoms with van der Waals surface area (Å²) in [5, 5.41) is 1.89. The molecule has 0 bridgehead atoms. The summed E-state index contributed by atoms with van der Waals surface area (Å²) in [6, 6.07) is 1.51. The van der Waals surface area contributed by atoms with Crippen molar-refractivity contribution in [1.82, 2.24) is 0 Å². The highest BCUT2D eigenvalue weighted by molar-refractivity contribution is 9.09. The van der Waals surface area contributed by atoms with E-state index in [0.717, 1.165) is 0 Å². The molecule has 0 aliphatic heterocycles. The third kappa shape index (κ3) is 1.92. The lowest BCUT2D eigenvalue weighted by molar-refractivity contribution is 0.100. The fraction of sp³-hybridized carbons (Fsp3) is 0.143. The van der Waals surface area contributed by atoms with Gasteiger partial charge in [-0.2, -0.15) is 0 Å². The Morgan fingerprint density at radius 1 is 1.58 bits per heavy atom. The zero-order chi connectivity index (χ0) is 9.14. The van der Waals surface area contributed by atoms with Crippen molar-refractivity contribution in [2.24, 2.45) is 5.73 Å². The van der Waals surface area contributed by atoms with Gasteiger partial charge in [-0.3, -0.25) is 9.59 Å². The number of hydrogen-bond acceptors (Lipinski definition) is 3. The fourth-order valence-corrected chi connectivity index (χ4v) is 1.78. The van der Waals surface area contributed by atoms with E-state index < -0.39 is 5.91 Å². The number of rotatable bonds is 3. The number of primary amides is 1. The van der Waals surface area contributed by atoms with Crippen LogP contribution in [0.3, 0.4) is 0 Å². The second-order valence-electron chi connectivity index (χ2n) is 2.12. The summed E-state index contributed by atoms with van der Waals surface area (Å²) < 4.78 is 0. The third-order valence-electron chi connectivity index (χ3n) is 1.29. The molecule has 5 heteroatoms. The van der Waals surface area contributed by atoms with E-state index in [0.29, 0.717) is 10.4 Å². The van der Waals surface area contributed by atoms with Crippen molar-refractivity contribution in [3.8, 4) is 0 Å². The molecular weight excluding hydrogens is 242 g/mol. The lowest BCUT2D eigenvalue weighted by atomic mass is 10.2. The van der Waals surface area contributed by atoms with Crippen molar-refractivity contribution >= 4 is 39.0 Å². The molecule has 0 unspecified atom stereocenters. The Hall–Kier alpha value is -0.680. The first-order chi connectivity index (χ1) is 5.65. The third-order valence-corrected chi connectivity index (χ3v) is 2.74. The van der Waals surface area contributed by atoms with Gasteiger partial charge < -0.3 is 5.73 Å². The predicted molar refractivity (Wildman–Crippen MR) is 51.0 cm³/mol. The Kier molecular flexibility index (Phi) is 2.99. The molecule has 1 amide bonds. The molecule has 1 aromatic rings. The van der Waals surface area contributed by atoms with E-state index in [1.165, 1.54) is 17.4 Å². The maximum Gasteiger partial charge on any atom is 0.258 e. The highest BCUT2D eigenvalue weighted by Gasteiger charge is 2.09. The number of ketones is 1. The molecule has 0 saturated carbocycles. The SMILES string of the molecule is NC(=O)c1cc(C(=O)CBr)cs1. The highest BCUT2D eigenvalue weighted by Crippen LogP contribution is 2.14. The number of amides is 1. The fourth-order valence-electron chi connectivity index (χ4n) is 0.689. The largest absolute Gasteiger partial charge is 0.365 e. The number of Topliss-reactive ketones (excluding diaryl/α,β-unsaturated/α-hetero) is 1. The van der Waals surface area contributed by atoms with Crippen LogP contribution in [-0.4, -0.2) is 17.0 Å². The van der Waals surface area contributed by atoms with Crippen molar-refractivity contribution in [1.29, 1.82) is 0 Å². The van der Waals surface area contributed by atoms with Crippen LogP contribution in [0.1, 0.15) is 20.0 Å². The molecule has 1 aromatic heterocycles. The van der Waals surface area contributed by atoms with Crippen LogP contribution < -0.4 is 5.73 Å². The monoisotopic (exact) mass is 247 g/mol. The second kappa shape index (κ2) is 3.82. The van der Waals surface area contributed by atoms with E-state index >= 15 is 0 Å². The first-order valence-electron chi connectivity index (χ1n) is 3.12. The van der Waals surface area contributed by atoms with Crippen molar-refractivity contribution < 1.29 is 9.59 Å². The Balaban J connectivity index is 2.91. The molecule has 3 nitrogen and oxygen atoms in total. The van der Waals surface area contributed by atoms with E-state index in [9.17, 15) is 9.59 Å². The lowest BCUT2D eigenvalue weighted by Gasteiger charge is -1.87. The number of carbonyl (C=O) groups excluding carboxylic acids is 2. The molecule has 1 rings (SSSR count). The summed E-state index contributed by atoms with van der Waals surface area (Å²) in [5.41, 5.74) is 5.55. The Morgan fingerprint density at radius 2 is 2.25 bits per heavy atom.